The molecule has 0 bridgehead atoms. The van der Waals surface area contributed by atoms with Crippen molar-refractivity contribution in [3.05, 3.63) is 50.3 Å². The monoisotopic (exact) mass is 308 g/mol. The van der Waals surface area contributed by atoms with E-state index < -0.39 is 10.9 Å². The Bertz CT molecular complexity index is 737. The van der Waals surface area contributed by atoms with Crippen molar-refractivity contribution in [3.63, 3.8) is 0 Å². The lowest BCUT2D eigenvalue weighted by molar-refractivity contribution is -0.384. The maximum Gasteiger partial charge on any atom is 0.340 e. The Morgan fingerprint density at radius 2 is 2.00 bits per heavy atom. The number of methoxy groups -OCH3 is 1. The van der Waals surface area contributed by atoms with Crippen LogP contribution in [0.5, 0.6) is 0 Å². The van der Waals surface area contributed by atoms with Gasteiger partial charge in [-0.05, 0) is 25.5 Å². The number of aryl methyl sites for hydroxylation is 2. The number of nitro groups is 1. The van der Waals surface area contributed by atoms with Crippen molar-refractivity contribution < 1.29 is 14.5 Å². The first-order valence-electron chi connectivity index (χ1n) is 6.08. The van der Waals surface area contributed by atoms with Crippen molar-refractivity contribution in [3.8, 4) is 11.1 Å². The van der Waals surface area contributed by atoms with Crippen LogP contribution in [0.1, 0.15) is 21.7 Å². The molecule has 0 fully saturated rings. The zero-order valence-corrected chi connectivity index (χ0v) is 12.4. The second-order valence-corrected chi connectivity index (χ2v) is 4.95. The number of aromatic nitrogens is 1. The number of ether oxygens (including phenoxy) is 1. The van der Waals surface area contributed by atoms with Gasteiger partial charge in [0.1, 0.15) is 5.02 Å². The summed E-state index contributed by atoms with van der Waals surface area (Å²) in [4.78, 5) is 25.4. The molecule has 1 N–H and O–H groups in total. The number of nitro benzene ring substituents is 1. The lowest BCUT2D eigenvalue weighted by atomic mass is 10.00. The third-order valence-corrected chi connectivity index (χ3v) is 3.52. The maximum atomic E-state index is 11.9. The van der Waals surface area contributed by atoms with E-state index in [1.165, 1.54) is 19.2 Å². The van der Waals surface area contributed by atoms with Crippen LogP contribution in [0.25, 0.3) is 11.1 Å². The van der Waals surface area contributed by atoms with Crippen LogP contribution < -0.4 is 0 Å². The lowest BCUT2D eigenvalue weighted by Gasteiger charge is -2.06. The number of rotatable bonds is 3. The van der Waals surface area contributed by atoms with Gasteiger partial charge >= 0.3 is 5.97 Å². The molecule has 1 aromatic heterocycles. The fourth-order valence-corrected chi connectivity index (χ4v) is 2.49. The molecule has 0 atom stereocenters. The SMILES string of the molecule is COC(=O)c1c(C)[nH]c(C)c1-c1ccc(Cl)c([N+](=O)[O-])c1. The molecule has 0 radical (unpaired) electrons. The first-order chi connectivity index (χ1) is 9.86. The summed E-state index contributed by atoms with van der Waals surface area (Å²) in [6, 6.07) is 4.43. The molecule has 0 aliphatic rings. The summed E-state index contributed by atoms with van der Waals surface area (Å²) >= 11 is 5.81. The molecule has 0 aliphatic carbocycles. The van der Waals surface area contributed by atoms with Gasteiger partial charge in [0, 0.05) is 23.0 Å². The van der Waals surface area contributed by atoms with Gasteiger partial charge < -0.3 is 9.72 Å². The molecule has 0 saturated carbocycles. The fourth-order valence-electron chi connectivity index (χ4n) is 2.31. The molecule has 0 aliphatic heterocycles. The number of halogens is 1. The molecule has 1 aromatic carbocycles. The molecule has 0 unspecified atom stereocenters. The maximum absolute atomic E-state index is 11.9. The summed E-state index contributed by atoms with van der Waals surface area (Å²) in [6.45, 7) is 3.53. The summed E-state index contributed by atoms with van der Waals surface area (Å²) < 4.78 is 4.78. The highest BCUT2D eigenvalue weighted by atomic mass is 35.5. The van der Waals surface area contributed by atoms with Crippen LogP contribution in [-0.2, 0) is 4.74 Å². The largest absolute Gasteiger partial charge is 0.465 e. The number of H-pyrrole nitrogens is 1. The van der Waals surface area contributed by atoms with Gasteiger partial charge in [-0.1, -0.05) is 17.7 Å². The third kappa shape index (κ3) is 2.62. The number of hydrogen-bond donors (Lipinski definition) is 1. The van der Waals surface area contributed by atoms with Gasteiger partial charge in [0.25, 0.3) is 5.69 Å². The van der Waals surface area contributed by atoms with Crippen molar-refractivity contribution in [2.75, 3.05) is 7.11 Å². The Hall–Kier alpha value is -2.34. The number of nitrogens with zero attached hydrogens (tertiary/aromatic N) is 1. The number of hydrogen-bond acceptors (Lipinski definition) is 4. The van der Waals surface area contributed by atoms with Crippen molar-refractivity contribution in [2.45, 2.75) is 13.8 Å². The van der Waals surface area contributed by atoms with E-state index in [2.05, 4.69) is 4.98 Å². The summed E-state index contributed by atoms with van der Waals surface area (Å²) in [5, 5.41) is 11.0. The van der Waals surface area contributed by atoms with Crippen LogP contribution in [0.3, 0.4) is 0 Å². The average molecular weight is 309 g/mol. The number of aromatic amines is 1. The zero-order valence-electron chi connectivity index (χ0n) is 11.7. The smallest absolute Gasteiger partial charge is 0.340 e. The molecule has 0 amide bonds. The lowest BCUT2D eigenvalue weighted by Crippen LogP contribution is -2.04. The summed E-state index contributed by atoms with van der Waals surface area (Å²) in [6.07, 6.45) is 0. The van der Waals surface area contributed by atoms with Crippen LogP contribution in [0.2, 0.25) is 5.02 Å². The van der Waals surface area contributed by atoms with Crippen LogP contribution in [0, 0.1) is 24.0 Å². The second kappa shape index (κ2) is 5.57. The number of carbonyl (C=O) groups is 1. The first-order valence-corrected chi connectivity index (χ1v) is 6.46. The molecule has 6 nitrogen and oxygen atoms in total. The Kier molecular flexibility index (Phi) is 3.99. The molecular weight excluding hydrogens is 296 g/mol. The standard InChI is InChI=1S/C14H13ClN2O4/c1-7-12(13(8(2)16-7)14(18)21-3)9-4-5-10(15)11(6-9)17(19)20/h4-6,16H,1-3H3. The van der Waals surface area contributed by atoms with E-state index in [1.54, 1.807) is 19.9 Å². The highest BCUT2D eigenvalue weighted by molar-refractivity contribution is 6.32. The average Bonchev–Trinajstić information content (AvgIpc) is 2.73. The van der Waals surface area contributed by atoms with Gasteiger partial charge in [-0.2, -0.15) is 0 Å². The Balaban J connectivity index is 2.70. The number of carbonyl (C=O) groups excluding carboxylic acids is 1. The molecule has 1 heterocycles. The van der Waals surface area contributed by atoms with E-state index in [9.17, 15) is 14.9 Å². The highest BCUT2D eigenvalue weighted by Gasteiger charge is 2.23. The highest BCUT2D eigenvalue weighted by Crippen LogP contribution is 2.35. The van der Waals surface area contributed by atoms with Crippen LogP contribution in [0.15, 0.2) is 18.2 Å². The Morgan fingerprint density at radius 1 is 1.33 bits per heavy atom. The molecule has 0 spiro atoms. The van der Waals surface area contributed by atoms with Crippen molar-refractivity contribution in [1.29, 1.82) is 0 Å². The van der Waals surface area contributed by atoms with Gasteiger partial charge in [0.2, 0.25) is 0 Å². The number of esters is 1. The number of nitrogens with one attached hydrogen (secondary N) is 1. The fraction of sp³-hybridized carbons (Fsp3) is 0.214. The number of benzene rings is 1. The summed E-state index contributed by atoms with van der Waals surface area (Å²) in [5.41, 5.74) is 2.65. The van der Waals surface area contributed by atoms with E-state index in [4.69, 9.17) is 16.3 Å². The van der Waals surface area contributed by atoms with E-state index in [-0.39, 0.29) is 10.7 Å². The minimum Gasteiger partial charge on any atom is -0.465 e. The van der Waals surface area contributed by atoms with Gasteiger partial charge in [-0.25, -0.2) is 4.79 Å². The van der Waals surface area contributed by atoms with Gasteiger partial charge in [-0.3, -0.25) is 10.1 Å². The van der Waals surface area contributed by atoms with E-state index in [1.807, 2.05) is 0 Å². The molecule has 21 heavy (non-hydrogen) atoms. The summed E-state index contributed by atoms with van der Waals surface area (Å²) in [7, 11) is 1.29. The van der Waals surface area contributed by atoms with Gasteiger partial charge in [0.05, 0.1) is 17.6 Å². The normalized spacial score (nSPS) is 10.5. The Morgan fingerprint density at radius 3 is 2.57 bits per heavy atom. The Labute approximate surface area is 125 Å². The molecule has 2 aromatic rings. The molecule has 7 heteroatoms. The zero-order chi connectivity index (χ0) is 15.7. The van der Waals surface area contributed by atoms with Crippen molar-refractivity contribution >= 4 is 23.3 Å². The predicted octanol–water partition coefficient (Wildman–Crippen LogP) is 3.65. The topological polar surface area (TPSA) is 85.2 Å². The van der Waals surface area contributed by atoms with E-state index >= 15 is 0 Å². The van der Waals surface area contributed by atoms with Crippen LogP contribution in [-0.4, -0.2) is 23.0 Å². The minimum absolute atomic E-state index is 0.0493. The van der Waals surface area contributed by atoms with Crippen LogP contribution >= 0.6 is 11.6 Å². The molecular formula is C14H13ClN2O4. The molecule has 0 saturated heterocycles. The summed E-state index contributed by atoms with van der Waals surface area (Å²) in [5.74, 6) is -0.496. The first kappa shape index (κ1) is 15.1. The molecule has 110 valence electrons. The third-order valence-electron chi connectivity index (χ3n) is 3.20. The van der Waals surface area contributed by atoms with Gasteiger partial charge in [0.15, 0.2) is 0 Å². The minimum atomic E-state index is -0.557. The second-order valence-electron chi connectivity index (χ2n) is 4.54. The van der Waals surface area contributed by atoms with Gasteiger partial charge in [-0.15, -0.1) is 0 Å². The quantitative estimate of drug-likeness (QED) is 0.533. The van der Waals surface area contributed by atoms with Crippen LogP contribution in [0.4, 0.5) is 5.69 Å². The molecule has 2 rings (SSSR count). The van der Waals surface area contributed by atoms with Crippen molar-refractivity contribution in [1.82, 2.24) is 4.98 Å². The predicted molar refractivity (Wildman–Crippen MR) is 78.7 cm³/mol. The van der Waals surface area contributed by atoms with E-state index in [0.29, 0.717) is 22.4 Å². The van der Waals surface area contributed by atoms with Crippen molar-refractivity contribution in [2.24, 2.45) is 0 Å². The van der Waals surface area contributed by atoms with E-state index in [0.717, 1.165) is 5.69 Å².